The molecule has 27 heavy (non-hydrogen) atoms. The largest absolute Gasteiger partial charge is 0.348 e. The summed E-state index contributed by atoms with van der Waals surface area (Å²) in [5, 5.41) is 2.30. The van der Waals surface area contributed by atoms with Gasteiger partial charge in [-0.05, 0) is 37.3 Å². The number of hydrogen-bond donors (Lipinski definition) is 2. The molecule has 0 aromatic heterocycles. The van der Waals surface area contributed by atoms with Crippen LogP contribution in [0.5, 0.6) is 0 Å². The molecule has 3 unspecified atom stereocenters. The van der Waals surface area contributed by atoms with E-state index < -0.39 is 31.0 Å². The molecule has 5 nitrogen and oxygen atoms in total. The lowest BCUT2D eigenvalue weighted by Crippen LogP contribution is -2.52. The molecule has 150 valence electrons. The van der Waals surface area contributed by atoms with E-state index >= 15 is 0 Å². The minimum Gasteiger partial charge on any atom is -0.348 e. The Morgan fingerprint density at radius 1 is 1.19 bits per heavy atom. The van der Waals surface area contributed by atoms with Gasteiger partial charge in [-0.1, -0.05) is 31.0 Å². The van der Waals surface area contributed by atoms with E-state index in [4.69, 9.17) is 5.73 Å². The molecule has 2 aliphatic rings. The molecule has 1 saturated heterocycles. The molecule has 8 heteroatoms. The summed E-state index contributed by atoms with van der Waals surface area (Å²) in [5.74, 6) is -3.61. The van der Waals surface area contributed by atoms with Gasteiger partial charge < -0.3 is 16.0 Å². The van der Waals surface area contributed by atoms with Gasteiger partial charge in [0.1, 0.15) is 6.04 Å². The Bertz CT molecular complexity index is 660. The van der Waals surface area contributed by atoms with Crippen molar-refractivity contribution < 1.29 is 18.4 Å². The lowest BCUT2D eigenvalue weighted by atomic mass is 9.84. The molecule has 1 aromatic rings. The van der Waals surface area contributed by atoms with E-state index in [2.05, 4.69) is 5.32 Å². The van der Waals surface area contributed by atoms with Crippen LogP contribution in [0.2, 0.25) is 0 Å². The van der Waals surface area contributed by atoms with Gasteiger partial charge in [-0.25, -0.2) is 8.78 Å². The van der Waals surface area contributed by atoms with E-state index in [1.165, 1.54) is 0 Å². The summed E-state index contributed by atoms with van der Waals surface area (Å²) in [4.78, 5) is 27.3. The summed E-state index contributed by atoms with van der Waals surface area (Å²) in [7, 11) is 0. The lowest BCUT2D eigenvalue weighted by molar-refractivity contribution is -0.127. The van der Waals surface area contributed by atoms with E-state index in [9.17, 15) is 18.4 Å². The van der Waals surface area contributed by atoms with Gasteiger partial charge in [-0.15, -0.1) is 12.4 Å². The van der Waals surface area contributed by atoms with Crippen molar-refractivity contribution in [1.29, 1.82) is 0 Å². The van der Waals surface area contributed by atoms with Crippen LogP contribution in [0.25, 0.3) is 0 Å². The monoisotopic (exact) mass is 401 g/mol. The Hall–Kier alpha value is -1.73. The second kappa shape index (κ2) is 8.97. The number of fused-ring (bicyclic) bond motifs is 1. The third kappa shape index (κ3) is 4.76. The Morgan fingerprint density at radius 2 is 1.85 bits per heavy atom. The maximum absolute atomic E-state index is 13.4. The van der Waals surface area contributed by atoms with Gasteiger partial charge in [0.25, 0.3) is 11.8 Å². The van der Waals surface area contributed by atoms with Crippen molar-refractivity contribution in [2.75, 3.05) is 13.1 Å². The molecule has 1 heterocycles. The SMILES string of the molecule is Cl.NCC(F)(F)CNC(=O)C1CC2CCCCC2N1C(=O)c1ccccc1. The smallest absolute Gasteiger partial charge is 0.277 e. The quantitative estimate of drug-likeness (QED) is 0.796. The Kier molecular flexibility index (Phi) is 7.17. The molecular weight excluding hydrogens is 376 g/mol. The number of hydrogen-bond acceptors (Lipinski definition) is 3. The van der Waals surface area contributed by atoms with Crippen LogP contribution >= 0.6 is 12.4 Å². The fraction of sp³-hybridized carbons (Fsp3) is 0.579. The Balaban J connectivity index is 0.00000261. The minimum atomic E-state index is -3.14. The number of benzene rings is 1. The van der Waals surface area contributed by atoms with Crippen molar-refractivity contribution in [3.63, 3.8) is 0 Å². The highest BCUT2D eigenvalue weighted by Crippen LogP contribution is 2.40. The first-order valence-corrected chi connectivity index (χ1v) is 9.16. The van der Waals surface area contributed by atoms with E-state index in [1.807, 2.05) is 6.07 Å². The number of alkyl halides is 2. The van der Waals surface area contributed by atoms with Gasteiger partial charge in [-0.3, -0.25) is 9.59 Å². The molecule has 3 rings (SSSR count). The van der Waals surface area contributed by atoms with Crippen LogP contribution in [0.3, 0.4) is 0 Å². The first-order valence-electron chi connectivity index (χ1n) is 9.16. The number of carbonyl (C=O) groups excluding carboxylic acids is 2. The molecule has 0 spiro atoms. The number of rotatable bonds is 5. The Labute approximate surface area is 164 Å². The minimum absolute atomic E-state index is 0. The van der Waals surface area contributed by atoms with Crippen LogP contribution in [-0.4, -0.2) is 47.8 Å². The van der Waals surface area contributed by atoms with Crippen molar-refractivity contribution in [2.24, 2.45) is 11.7 Å². The van der Waals surface area contributed by atoms with Crippen LogP contribution in [0, 0.1) is 5.92 Å². The van der Waals surface area contributed by atoms with Crippen molar-refractivity contribution in [3.8, 4) is 0 Å². The number of amides is 2. The highest BCUT2D eigenvalue weighted by atomic mass is 35.5. The molecule has 1 aromatic carbocycles. The zero-order valence-electron chi connectivity index (χ0n) is 15.1. The molecule has 1 aliphatic carbocycles. The normalized spacial score (nSPS) is 24.7. The van der Waals surface area contributed by atoms with Crippen LogP contribution in [0.1, 0.15) is 42.5 Å². The Morgan fingerprint density at radius 3 is 2.52 bits per heavy atom. The fourth-order valence-electron chi connectivity index (χ4n) is 4.12. The summed E-state index contributed by atoms with van der Waals surface area (Å²) >= 11 is 0. The van der Waals surface area contributed by atoms with Gasteiger partial charge >= 0.3 is 0 Å². The predicted octanol–water partition coefficient (Wildman–Crippen LogP) is 2.59. The molecule has 2 fully saturated rings. The standard InChI is InChI=1S/C19H25F2N3O2.ClH/c20-19(21,11-22)12-23-17(25)16-10-14-8-4-5-9-15(14)24(16)18(26)13-6-2-1-3-7-13;/h1-3,6-7,14-16H,4-5,8-12,22H2,(H,23,25);1H. The average Bonchev–Trinajstić information content (AvgIpc) is 3.06. The van der Waals surface area contributed by atoms with Crippen molar-refractivity contribution in [2.45, 2.75) is 50.1 Å². The summed E-state index contributed by atoms with van der Waals surface area (Å²) < 4.78 is 26.8. The number of nitrogens with two attached hydrogens (primary N) is 1. The molecular formula is C19H26ClF2N3O2. The number of nitrogens with one attached hydrogen (secondary N) is 1. The third-order valence-electron chi connectivity index (χ3n) is 5.47. The summed E-state index contributed by atoms with van der Waals surface area (Å²) in [5.41, 5.74) is 5.54. The van der Waals surface area contributed by atoms with Crippen molar-refractivity contribution in [3.05, 3.63) is 35.9 Å². The maximum Gasteiger partial charge on any atom is 0.277 e. The lowest BCUT2D eigenvalue weighted by Gasteiger charge is -2.33. The van der Waals surface area contributed by atoms with Gasteiger partial charge in [0, 0.05) is 11.6 Å². The summed E-state index contributed by atoms with van der Waals surface area (Å²) in [6.07, 6.45) is 4.44. The maximum atomic E-state index is 13.4. The highest BCUT2D eigenvalue weighted by molar-refractivity contribution is 5.98. The van der Waals surface area contributed by atoms with Gasteiger partial charge in [0.15, 0.2) is 0 Å². The molecule has 1 aliphatic heterocycles. The molecule has 3 atom stereocenters. The topological polar surface area (TPSA) is 75.4 Å². The number of halogens is 3. The molecule has 0 bridgehead atoms. The fourth-order valence-corrected chi connectivity index (χ4v) is 4.12. The van der Waals surface area contributed by atoms with E-state index in [0.717, 1.165) is 25.7 Å². The molecule has 0 radical (unpaired) electrons. The highest BCUT2D eigenvalue weighted by Gasteiger charge is 2.47. The summed E-state index contributed by atoms with van der Waals surface area (Å²) in [6.45, 7) is -1.63. The third-order valence-corrected chi connectivity index (χ3v) is 5.47. The number of likely N-dealkylation sites (tertiary alicyclic amines) is 1. The van der Waals surface area contributed by atoms with Crippen molar-refractivity contribution in [1.82, 2.24) is 10.2 Å². The first kappa shape index (κ1) is 21.6. The predicted molar refractivity (Wildman–Crippen MR) is 101 cm³/mol. The molecule has 3 N–H and O–H groups in total. The summed E-state index contributed by atoms with van der Waals surface area (Å²) in [6, 6.07) is 8.11. The number of carbonyl (C=O) groups is 2. The zero-order chi connectivity index (χ0) is 18.7. The second-order valence-corrected chi connectivity index (χ2v) is 7.22. The van der Waals surface area contributed by atoms with Crippen LogP contribution in [0.15, 0.2) is 30.3 Å². The van der Waals surface area contributed by atoms with Crippen LogP contribution < -0.4 is 11.1 Å². The van der Waals surface area contributed by atoms with Gasteiger partial charge in [-0.2, -0.15) is 0 Å². The van der Waals surface area contributed by atoms with Crippen LogP contribution in [-0.2, 0) is 4.79 Å². The van der Waals surface area contributed by atoms with E-state index in [1.54, 1.807) is 29.2 Å². The van der Waals surface area contributed by atoms with Crippen molar-refractivity contribution >= 4 is 24.2 Å². The number of nitrogens with zero attached hydrogens (tertiary/aromatic N) is 1. The average molecular weight is 402 g/mol. The van der Waals surface area contributed by atoms with Crippen LogP contribution in [0.4, 0.5) is 8.78 Å². The zero-order valence-corrected chi connectivity index (χ0v) is 15.9. The van der Waals surface area contributed by atoms with Gasteiger partial charge in [0.05, 0.1) is 13.1 Å². The van der Waals surface area contributed by atoms with Gasteiger partial charge in [0.2, 0.25) is 5.91 Å². The second-order valence-electron chi connectivity index (χ2n) is 7.22. The molecule has 1 saturated carbocycles. The molecule has 2 amide bonds. The first-order chi connectivity index (χ1) is 12.4. The van der Waals surface area contributed by atoms with E-state index in [-0.39, 0.29) is 30.3 Å². The van der Waals surface area contributed by atoms with E-state index in [0.29, 0.717) is 12.0 Å².